The number of rotatable bonds is 15. The number of hydrogen-bond acceptors (Lipinski definition) is 5. The first kappa shape index (κ1) is 30.7. The molecule has 8 nitrogen and oxygen atoms in total. The van der Waals surface area contributed by atoms with Crippen LogP contribution in [0.4, 0.5) is 5.69 Å². The molecule has 3 aromatic carbocycles. The molecule has 0 saturated carbocycles. The highest BCUT2D eigenvalue weighted by Crippen LogP contribution is 2.27. The molecule has 0 aromatic heterocycles. The molecular formula is C31H39N3O5S. The Balaban J connectivity index is 2.00. The van der Waals surface area contributed by atoms with Crippen LogP contribution in [0.3, 0.4) is 0 Å². The van der Waals surface area contributed by atoms with Crippen molar-refractivity contribution in [3.63, 3.8) is 0 Å². The Bertz CT molecular complexity index is 1320. The average molecular weight is 566 g/mol. The van der Waals surface area contributed by atoms with E-state index in [1.54, 1.807) is 42.5 Å². The molecular weight excluding hydrogens is 526 g/mol. The van der Waals surface area contributed by atoms with Crippen LogP contribution in [0.15, 0.2) is 89.8 Å². The zero-order valence-electron chi connectivity index (χ0n) is 23.5. The number of hydrogen-bond donors (Lipinski definition) is 1. The summed E-state index contributed by atoms with van der Waals surface area (Å²) in [6.07, 6.45) is 2.14. The van der Waals surface area contributed by atoms with Crippen LogP contribution in [0, 0.1) is 0 Å². The third-order valence-electron chi connectivity index (χ3n) is 6.46. The van der Waals surface area contributed by atoms with Gasteiger partial charge in [-0.05, 0) is 61.7 Å². The number of carbonyl (C=O) groups excluding carboxylic acids is 2. The fourth-order valence-electron chi connectivity index (χ4n) is 4.33. The quantitative estimate of drug-likeness (QED) is 0.262. The van der Waals surface area contributed by atoms with Gasteiger partial charge in [-0.2, -0.15) is 0 Å². The van der Waals surface area contributed by atoms with Crippen LogP contribution in [-0.4, -0.2) is 50.9 Å². The van der Waals surface area contributed by atoms with Gasteiger partial charge in [0, 0.05) is 13.1 Å². The standard InChI is InChI=1S/C31H39N3O5S/c1-4-7-22-32-31(36)29(5-2)33(23-25-14-10-8-11-15-25)30(35)24-34(26-18-20-27(21-19-26)39-6-3)40(37,38)28-16-12-9-13-17-28/h8-21,29H,4-7,22-24H2,1-3H3,(H,32,36). The van der Waals surface area contributed by atoms with E-state index in [4.69, 9.17) is 4.74 Å². The number of carbonyl (C=O) groups is 2. The van der Waals surface area contributed by atoms with Gasteiger partial charge in [-0.3, -0.25) is 13.9 Å². The summed E-state index contributed by atoms with van der Waals surface area (Å²) in [5, 5.41) is 2.94. The molecule has 0 saturated heterocycles. The van der Waals surface area contributed by atoms with Gasteiger partial charge in [0.2, 0.25) is 11.8 Å². The maximum Gasteiger partial charge on any atom is 0.264 e. The fraction of sp³-hybridized carbons (Fsp3) is 0.355. The van der Waals surface area contributed by atoms with Crippen molar-refractivity contribution >= 4 is 27.5 Å². The van der Waals surface area contributed by atoms with Crippen molar-refractivity contribution in [1.29, 1.82) is 0 Å². The minimum Gasteiger partial charge on any atom is -0.494 e. The SMILES string of the molecule is CCCCNC(=O)C(CC)N(Cc1ccccc1)C(=O)CN(c1ccc(OCC)cc1)S(=O)(=O)c1ccccc1. The van der Waals surface area contributed by atoms with Crippen LogP contribution < -0.4 is 14.4 Å². The molecule has 0 aliphatic heterocycles. The van der Waals surface area contributed by atoms with Crippen molar-refractivity contribution in [2.75, 3.05) is 24.0 Å². The zero-order valence-corrected chi connectivity index (χ0v) is 24.3. The highest BCUT2D eigenvalue weighted by molar-refractivity contribution is 7.92. The van der Waals surface area contributed by atoms with Gasteiger partial charge in [0.05, 0.1) is 17.2 Å². The molecule has 0 fully saturated rings. The molecule has 0 spiro atoms. The van der Waals surface area contributed by atoms with E-state index < -0.39 is 28.5 Å². The van der Waals surface area contributed by atoms with Crippen LogP contribution in [0.1, 0.15) is 45.6 Å². The summed E-state index contributed by atoms with van der Waals surface area (Å²) in [5.74, 6) is -0.136. The Morgan fingerprint density at radius 2 is 1.50 bits per heavy atom. The first-order chi connectivity index (χ1) is 19.3. The van der Waals surface area contributed by atoms with Crippen LogP contribution in [0.25, 0.3) is 0 Å². The number of amides is 2. The molecule has 0 radical (unpaired) electrons. The molecule has 3 aromatic rings. The number of ether oxygens (including phenoxy) is 1. The zero-order chi connectivity index (χ0) is 29.0. The largest absolute Gasteiger partial charge is 0.494 e. The van der Waals surface area contributed by atoms with Crippen LogP contribution in [0.2, 0.25) is 0 Å². The second kappa shape index (κ2) is 15.1. The third-order valence-corrected chi connectivity index (χ3v) is 8.25. The van der Waals surface area contributed by atoms with Crippen LogP contribution in [0.5, 0.6) is 5.75 Å². The van der Waals surface area contributed by atoms with E-state index in [-0.39, 0.29) is 17.3 Å². The summed E-state index contributed by atoms with van der Waals surface area (Å²) in [6, 6.07) is 23.2. The molecule has 40 heavy (non-hydrogen) atoms. The van der Waals surface area contributed by atoms with Gasteiger partial charge in [-0.1, -0.05) is 68.8 Å². The fourth-order valence-corrected chi connectivity index (χ4v) is 5.76. The lowest BCUT2D eigenvalue weighted by molar-refractivity contribution is -0.140. The predicted molar refractivity (Wildman–Crippen MR) is 158 cm³/mol. The van der Waals surface area contributed by atoms with Crippen molar-refractivity contribution < 1.29 is 22.7 Å². The van der Waals surface area contributed by atoms with Crippen molar-refractivity contribution in [3.8, 4) is 5.75 Å². The smallest absolute Gasteiger partial charge is 0.264 e. The Morgan fingerprint density at radius 1 is 0.875 bits per heavy atom. The number of anilines is 1. The van der Waals surface area contributed by atoms with Crippen LogP contribution in [-0.2, 0) is 26.2 Å². The summed E-state index contributed by atoms with van der Waals surface area (Å²) in [5.41, 5.74) is 1.16. The molecule has 1 atom stereocenters. The molecule has 214 valence electrons. The molecule has 1 unspecified atom stereocenters. The van der Waals surface area contributed by atoms with E-state index in [1.807, 2.05) is 51.1 Å². The van der Waals surface area contributed by atoms with E-state index in [1.165, 1.54) is 17.0 Å². The van der Waals surface area contributed by atoms with Gasteiger partial charge in [0.15, 0.2) is 0 Å². The first-order valence-corrected chi connectivity index (χ1v) is 15.2. The average Bonchev–Trinajstić information content (AvgIpc) is 2.97. The summed E-state index contributed by atoms with van der Waals surface area (Å²) in [4.78, 5) is 28.8. The molecule has 0 heterocycles. The second-order valence-corrected chi connectivity index (χ2v) is 11.2. The number of unbranched alkanes of at least 4 members (excludes halogenated alkanes) is 1. The molecule has 0 aliphatic rings. The molecule has 2 amide bonds. The Kier molecular flexibility index (Phi) is 11.6. The van der Waals surface area contributed by atoms with Gasteiger partial charge in [0.1, 0.15) is 18.3 Å². The maximum absolute atomic E-state index is 14.0. The lowest BCUT2D eigenvalue weighted by atomic mass is 10.1. The molecule has 3 rings (SSSR count). The highest BCUT2D eigenvalue weighted by Gasteiger charge is 2.33. The van der Waals surface area contributed by atoms with Crippen molar-refractivity contribution in [2.24, 2.45) is 0 Å². The molecule has 9 heteroatoms. The van der Waals surface area contributed by atoms with Crippen molar-refractivity contribution in [2.45, 2.75) is 57.5 Å². The monoisotopic (exact) mass is 565 g/mol. The minimum absolute atomic E-state index is 0.0654. The van der Waals surface area contributed by atoms with Gasteiger partial charge >= 0.3 is 0 Å². The number of sulfonamides is 1. The van der Waals surface area contributed by atoms with E-state index in [0.717, 1.165) is 22.7 Å². The highest BCUT2D eigenvalue weighted by atomic mass is 32.2. The minimum atomic E-state index is -4.11. The Morgan fingerprint density at radius 3 is 2.08 bits per heavy atom. The normalized spacial score (nSPS) is 11.9. The van der Waals surface area contributed by atoms with E-state index >= 15 is 0 Å². The molecule has 0 bridgehead atoms. The van der Waals surface area contributed by atoms with Gasteiger partial charge in [-0.25, -0.2) is 8.42 Å². The Labute approximate surface area is 238 Å². The van der Waals surface area contributed by atoms with Crippen LogP contribution >= 0.6 is 0 Å². The van der Waals surface area contributed by atoms with E-state index in [0.29, 0.717) is 31.0 Å². The summed E-state index contributed by atoms with van der Waals surface area (Å²) < 4.78 is 34.3. The molecule has 1 N–H and O–H groups in total. The molecule has 0 aliphatic carbocycles. The summed E-state index contributed by atoms with van der Waals surface area (Å²) in [7, 11) is -4.11. The lowest BCUT2D eigenvalue weighted by Gasteiger charge is -2.33. The number of nitrogens with one attached hydrogen (secondary N) is 1. The topological polar surface area (TPSA) is 96.0 Å². The lowest BCUT2D eigenvalue weighted by Crippen LogP contribution is -2.52. The van der Waals surface area contributed by atoms with Gasteiger partial charge < -0.3 is 15.0 Å². The maximum atomic E-state index is 14.0. The van der Waals surface area contributed by atoms with Crippen molar-refractivity contribution in [1.82, 2.24) is 10.2 Å². The Hall–Kier alpha value is -3.85. The van der Waals surface area contributed by atoms with Gasteiger partial charge in [-0.15, -0.1) is 0 Å². The van der Waals surface area contributed by atoms with Crippen molar-refractivity contribution in [3.05, 3.63) is 90.5 Å². The van der Waals surface area contributed by atoms with E-state index in [9.17, 15) is 18.0 Å². The first-order valence-electron chi connectivity index (χ1n) is 13.7. The van der Waals surface area contributed by atoms with Gasteiger partial charge in [0.25, 0.3) is 10.0 Å². The number of benzene rings is 3. The summed E-state index contributed by atoms with van der Waals surface area (Å²) >= 11 is 0. The van der Waals surface area contributed by atoms with E-state index in [2.05, 4.69) is 5.32 Å². The predicted octanol–water partition coefficient (Wildman–Crippen LogP) is 5.00. The third kappa shape index (κ3) is 8.08. The number of nitrogens with zero attached hydrogens (tertiary/aromatic N) is 2. The summed E-state index contributed by atoms with van der Waals surface area (Å²) in [6.45, 7) is 6.43. The second-order valence-electron chi connectivity index (χ2n) is 9.33.